The maximum atomic E-state index is 13.5. The number of nitrogens with zero attached hydrogens (tertiary/aromatic N) is 2. The number of hydrogen-bond acceptors (Lipinski definition) is 4. The van der Waals surface area contributed by atoms with Gasteiger partial charge < -0.3 is 9.84 Å². The molecule has 2 aromatic rings. The number of carboxylic acids is 1. The molecule has 0 aliphatic carbocycles. The number of carbonyl (C=O) groups is 1. The zero-order valence-corrected chi connectivity index (χ0v) is 10.3. The smallest absolute Gasteiger partial charge is 0.342 e. The first-order valence-corrected chi connectivity index (χ1v) is 5.49. The molecule has 0 bridgehead atoms. The van der Waals surface area contributed by atoms with Crippen LogP contribution in [-0.2, 0) is 0 Å². The Hall–Kier alpha value is -2.50. The summed E-state index contributed by atoms with van der Waals surface area (Å²) in [5, 5.41) is 8.99. The first-order chi connectivity index (χ1) is 8.99. The maximum absolute atomic E-state index is 13.5. The van der Waals surface area contributed by atoms with Crippen LogP contribution in [0.2, 0.25) is 0 Å². The number of ether oxygens (including phenoxy) is 1. The molecule has 1 heterocycles. The lowest BCUT2D eigenvalue weighted by Gasteiger charge is -2.10. The summed E-state index contributed by atoms with van der Waals surface area (Å²) in [6.07, 6.45) is 1.56. The van der Waals surface area contributed by atoms with Gasteiger partial charge in [0.15, 0.2) is 0 Å². The summed E-state index contributed by atoms with van der Waals surface area (Å²) in [6, 6.07) is 3.80. The minimum atomic E-state index is -1.40. The van der Waals surface area contributed by atoms with Gasteiger partial charge in [-0.25, -0.2) is 14.2 Å². The Bertz CT molecular complexity index is 644. The van der Waals surface area contributed by atoms with Gasteiger partial charge in [-0.1, -0.05) is 6.07 Å². The van der Waals surface area contributed by atoms with Crippen LogP contribution in [0.25, 0.3) is 0 Å². The molecular weight excluding hydrogens is 251 g/mol. The van der Waals surface area contributed by atoms with Gasteiger partial charge in [-0.15, -0.1) is 0 Å². The summed E-state index contributed by atoms with van der Waals surface area (Å²) in [6.45, 7) is 3.39. The summed E-state index contributed by atoms with van der Waals surface area (Å²) < 4.78 is 18.9. The van der Waals surface area contributed by atoms with E-state index < -0.39 is 17.3 Å². The average molecular weight is 262 g/mol. The van der Waals surface area contributed by atoms with Gasteiger partial charge in [-0.3, -0.25) is 4.98 Å². The van der Waals surface area contributed by atoms with Crippen molar-refractivity contribution in [3.63, 3.8) is 0 Å². The van der Waals surface area contributed by atoms with Crippen LogP contribution in [0, 0.1) is 19.7 Å². The van der Waals surface area contributed by atoms with Crippen LogP contribution in [0.3, 0.4) is 0 Å². The lowest BCUT2D eigenvalue weighted by atomic mass is 10.2. The molecule has 0 saturated heterocycles. The van der Waals surface area contributed by atoms with Crippen molar-refractivity contribution in [2.24, 2.45) is 0 Å². The number of carboxylic acid groups (broad SMARTS) is 1. The molecule has 0 amide bonds. The Balaban J connectivity index is 2.46. The largest absolute Gasteiger partial charge is 0.477 e. The molecule has 98 valence electrons. The molecule has 19 heavy (non-hydrogen) atoms. The van der Waals surface area contributed by atoms with Gasteiger partial charge >= 0.3 is 5.97 Å². The molecule has 0 atom stereocenters. The molecule has 1 aromatic heterocycles. The molecule has 2 rings (SSSR count). The molecule has 0 saturated carbocycles. The van der Waals surface area contributed by atoms with Crippen molar-refractivity contribution in [3.05, 3.63) is 47.2 Å². The second-order valence-corrected chi connectivity index (χ2v) is 3.92. The van der Waals surface area contributed by atoms with E-state index >= 15 is 0 Å². The number of halogens is 1. The van der Waals surface area contributed by atoms with E-state index in [-0.39, 0.29) is 11.6 Å². The summed E-state index contributed by atoms with van der Waals surface area (Å²) >= 11 is 0. The third kappa shape index (κ3) is 2.67. The second kappa shape index (κ2) is 5.01. The minimum Gasteiger partial charge on any atom is -0.477 e. The highest BCUT2D eigenvalue weighted by atomic mass is 19.1. The number of hydrogen-bond donors (Lipinski definition) is 1. The summed E-state index contributed by atoms with van der Waals surface area (Å²) in [5.41, 5.74) is 0.588. The van der Waals surface area contributed by atoms with E-state index in [4.69, 9.17) is 9.84 Å². The van der Waals surface area contributed by atoms with Crippen LogP contribution < -0.4 is 4.74 Å². The van der Waals surface area contributed by atoms with Crippen molar-refractivity contribution < 1.29 is 19.0 Å². The SMILES string of the molecule is Cc1cnc(C)c(Oc2cccc(F)c2C(=O)O)n1. The number of aromatic nitrogens is 2. The molecule has 6 heteroatoms. The van der Waals surface area contributed by atoms with Gasteiger partial charge in [-0.05, 0) is 26.0 Å². The molecule has 1 aromatic carbocycles. The molecule has 0 radical (unpaired) electrons. The highest BCUT2D eigenvalue weighted by Gasteiger charge is 2.18. The zero-order valence-electron chi connectivity index (χ0n) is 10.3. The topological polar surface area (TPSA) is 72.3 Å². The monoisotopic (exact) mass is 262 g/mol. The Morgan fingerprint density at radius 1 is 1.37 bits per heavy atom. The fourth-order valence-corrected chi connectivity index (χ4v) is 1.51. The van der Waals surface area contributed by atoms with Crippen molar-refractivity contribution in [2.75, 3.05) is 0 Å². The van der Waals surface area contributed by atoms with Gasteiger partial charge in [0.05, 0.1) is 11.4 Å². The molecule has 1 N–H and O–H groups in total. The van der Waals surface area contributed by atoms with Crippen LogP contribution in [0.1, 0.15) is 21.7 Å². The molecule has 0 aliphatic rings. The lowest BCUT2D eigenvalue weighted by Crippen LogP contribution is -2.05. The third-order valence-corrected chi connectivity index (χ3v) is 2.43. The Morgan fingerprint density at radius 3 is 2.79 bits per heavy atom. The fraction of sp³-hybridized carbons (Fsp3) is 0.154. The quantitative estimate of drug-likeness (QED) is 0.920. The van der Waals surface area contributed by atoms with Crippen molar-refractivity contribution in [3.8, 4) is 11.6 Å². The molecule has 5 nitrogen and oxygen atoms in total. The van der Waals surface area contributed by atoms with E-state index in [1.54, 1.807) is 20.0 Å². The number of aromatic carboxylic acids is 1. The van der Waals surface area contributed by atoms with Crippen LogP contribution in [0.4, 0.5) is 4.39 Å². The standard InChI is InChI=1S/C13H11FN2O3/c1-7-6-15-8(2)12(16-7)19-10-5-3-4-9(14)11(10)13(17)18/h3-6H,1-2H3,(H,17,18). The molecule has 0 spiro atoms. The summed E-state index contributed by atoms with van der Waals surface area (Å²) in [7, 11) is 0. The van der Waals surface area contributed by atoms with Gasteiger partial charge in [0.1, 0.15) is 17.1 Å². The van der Waals surface area contributed by atoms with Crippen molar-refractivity contribution in [1.29, 1.82) is 0 Å². The first-order valence-electron chi connectivity index (χ1n) is 5.49. The van der Waals surface area contributed by atoms with Crippen LogP contribution >= 0.6 is 0 Å². The van der Waals surface area contributed by atoms with Crippen LogP contribution in [-0.4, -0.2) is 21.0 Å². The average Bonchev–Trinajstić information content (AvgIpc) is 2.33. The highest BCUT2D eigenvalue weighted by Crippen LogP contribution is 2.27. The van der Waals surface area contributed by atoms with Gasteiger partial charge in [0, 0.05) is 6.20 Å². The second-order valence-electron chi connectivity index (χ2n) is 3.92. The van der Waals surface area contributed by atoms with E-state index in [0.29, 0.717) is 11.4 Å². The Kier molecular flexibility index (Phi) is 3.41. The molecular formula is C13H11FN2O3. The van der Waals surface area contributed by atoms with Crippen LogP contribution in [0.15, 0.2) is 24.4 Å². The van der Waals surface area contributed by atoms with Crippen LogP contribution in [0.5, 0.6) is 11.6 Å². The van der Waals surface area contributed by atoms with Gasteiger partial charge in [0.2, 0.25) is 5.88 Å². The van der Waals surface area contributed by atoms with E-state index in [2.05, 4.69) is 9.97 Å². The van der Waals surface area contributed by atoms with E-state index in [0.717, 1.165) is 6.07 Å². The summed E-state index contributed by atoms with van der Waals surface area (Å²) in [4.78, 5) is 19.2. The number of rotatable bonds is 3. The first kappa shape index (κ1) is 12.9. The van der Waals surface area contributed by atoms with Gasteiger partial charge in [-0.2, -0.15) is 0 Å². The van der Waals surface area contributed by atoms with Crippen molar-refractivity contribution in [1.82, 2.24) is 9.97 Å². The minimum absolute atomic E-state index is 0.101. The molecule has 0 aliphatic heterocycles. The van der Waals surface area contributed by atoms with Gasteiger partial charge in [0.25, 0.3) is 0 Å². The maximum Gasteiger partial charge on any atom is 0.342 e. The van der Waals surface area contributed by atoms with E-state index in [1.165, 1.54) is 12.1 Å². The number of benzene rings is 1. The van der Waals surface area contributed by atoms with E-state index in [9.17, 15) is 9.18 Å². The Morgan fingerprint density at radius 2 is 2.11 bits per heavy atom. The fourth-order valence-electron chi connectivity index (χ4n) is 1.51. The highest BCUT2D eigenvalue weighted by molar-refractivity contribution is 5.91. The predicted octanol–water partition coefficient (Wildman–Crippen LogP) is 2.72. The number of aryl methyl sites for hydroxylation is 2. The Labute approximate surface area is 108 Å². The van der Waals surface area contributed by atoms with Crippen molar-refractivity contribution in [2.45, 2.75) is 13.8 Å². The zero-order chi connectivity index (χ0) is 14.0. The predicted molar refractivity (Wildman–Crippen MR) is 64.9 cm³/mol. The molecule has 0 fully saturated rings. The third-order valence-electron chi connectivity index (χ3n) is 2.43. The summed E-state index contributed by atoms with van der Waals surface area (Å²) in [5.74, 6) is -2.20. The van der Waals surface area contributed by atoms with E-state index in [1.807, 2.05) is 0 Å². The lowest BCUT2D eigenvalue weighted by molar-refractivity contribution is 0.0689. The van der Waals surface area contributed by atoms with Crippen molar-refractivity contribution >= 4 is 5.97 Å². The molecule has 0 unspecified atom stereocenters. The normalized spacial score (nSPS) is 10.3.